The zero-order valence-corrected chi connectivity index (χ0v) is 10.4. The minimum absolute atomic E-state index is 0.0489. The summed E-state index contributed by atoms with van der Waals surface area (Å²) in [5, 5.41) is 19.5. The number of aryl methyl sites for hydroxylation is 1. The summed E-state index contributed by atoms with van der Waals surface area (Å²) in [6.07, 6.45) is 0.515. The van der Waals surface area contributed by atoms with E-state index in [0.29, 0.717) is 18.7 Å². The van der Waals surface area contributed by atoms with Crippen LogP contribution >= 0.6 is 0 Å². The quantitative estimate of drug-likeness (QED) is 0.619. The molecule has 0 spiro atoms. The van der Waals surface area contributed by atoms with Crippen LogP contribution in [0.25, 0.3) is 0 Å². The van der Waals surface area contributed by atoms with E-state index in [9.17, 15) is 14.9 Å². The van der Waals surface area contributed by atoms with Crippen molar-refractivity contribution < 1.29 is 14.8 Å². The predicted octanol–water partition coefficient (Wildman–Crippen LogP) is 2.20. The number of aliphatic carboxylic acids is 1. The van der Waals surface area contributed by atoms with E-state index >= 15 is 0 Å². The Morgan fingerprint density at radius 3 is 2.72 bits per heavy atom. The number of nitro benzene ring substituents is 1. The normalized spacial score (nSPS) is 10.1. The monoisotopic (exact) mass is 252 g/mol. The molecular formula is C12H16N2O4. The molecule has 0 aliphatic rings. The van der Waals surface area contributed by atoms with Crippen LogP contribution in [0.15, 0.2) is 18.2 Å². The van der Waals surface area contributed by atoms with Crippen molar-refractivity contribution in [3.8, 4) is 0 Å². The van der Waals surface area contributed by atoms with E-state index in [1.165, 1.54) is 6.07 Å². The van der Waals surface area contributed by atoms with Crippen LogP contribution in [0, 0.1) is 17.0 Å². The van der Waals surface area contributed by atoms with Gasteiger partial charge in [0.2, 0.25) is 0 Å². The minimum Gasteiger partial charge on any atom is -0.481 e. The third kappa shape index (κ3) is 3.73. The van der Waals surface area contributed by atoms with Crippen molar-refractivity contribution in [1.29, 1.82) is 0 Å². The van der Waals surface area contributed by atoms with Crippen LogP contribution in [0.1, 0.15) is 18.4 Å². The average molecular weight is 252 g/mol. The van der Waals surface area contributed by atoms with Crippen molar-refractivity contribution in [1.82, 2.24) is 0 Å². The van der Waals surface area contributed by atoms with E-state index in [2.05, 4.69) is 0 Å². The van der Waals surface area contributed by atoms with Gasteiger partial charge in [0, 0.05) is 26.1 Å². The molecule has 1 N–H and O–H groups in total. The zero-order valence-electron chi connectivity index (χ0n) is 10.4. The molecule has 0 saturated heterocycles. The maximum atomic E-state index is 10.9. The average Bonchev–Trinajstić information content (AvgIpc) is 2.28. The summed E-state index contributed by atoms with van der Waals surface area (Å²) < 4.78 is 0. The van der Waals surface area contributed by atoms with Gasteiger partial charge in [0.1, 0.15) is 5.69 Å². The highest BCUT2D eigenvalue weighted by atomic mass is 16.6. The Morgan fingerprint density at radius 1 is 1.50 bits per heavy atom. The van der Waals surface area contributed by atoms with E-state index in [1.54, 1.807) is 31.0 Å². The lowest BCUT2D eigenvalue weighted by atomic mass is 10.1. The molecule has 0 bridgehead atoms. The maximum Gasteiger partial charge on any atom is 0.303 e. The second-order valence-corrected chi connectivity index (χ2v) is 4.17. The molecule has 0 heterocycles. The maximum absolute atomic E-state index is 10.9. The van der Waals surface area contributed by atoms with Crippen LogP contribution in [0.2, 0.25) is 0 Å². The topological polar surface area (TPSA) is 83.7 Å². The Hall–Kier alpha value is -2.11. The van der Waals surface area contributed by atoms with E-state index < -0.39 is 10.9 Å². The molecular weight excluding hydrogens is 236 g/mol. The fraction of sp³-hybridized carbons (Fsp3) is 0.417. The van der Waals surface area contributed by atoms with Crippen molar-refractivity contribution in [2.45, 2.75) is 19.8 Å². The fourth-order valence-corrected chi connectivity index (χ4v) is 1.69. The Kier molecular flexibility index (Phi) is 4.65. The molecule has 0 saturated carbocycles. The van der Waals surface area contributed by atoms with Gasteiger partial charge in [-0.15, -0.1) is 0 Å². The summed E-state index contributed by atoms with van der Waals surface area (Å²) in [5.74, 6) is -0.859. The number of benzene rings is 1. The molecule has 0 aromatic heterocycles. The summed E-state index contributed by atoms with van der Waals surface area (Å²) in [6.45, 7) is 2.26. The molecule has 98 valence electrons. The third-order valence-electron chi connectivity index (χ3n) is 2.62. The van der Waals surface area contributed by atoms with Gasteiger partial charge < -0.3 is 10.0 Å². The second kappa shape index (κ2) is 6.00. The number of rotatable bonds is 6. The van der Waals surface area contributed by atoms with Crippen LogP contribution in [0.3, 0.4) is 0 Å². The molecule has 18 heavy (non-hydrogen) atoms. The second-order valence-electron chi connectivity index (χ2n) is 4.17. The van der Waals surface area contributed by atoms with Gasteiger partial charge in [0.15, 0.2) is 0 Å². The first-order valence-electron chi connectivity index (χ1n) is 5.60. The SMILES string of the molecule is Cc1ccc(N(C)CCCC(=O)O)c([N+](=O)[O-])c1. The number of hydrogen-bond donors (Lipinski definition) is 1. The molecule has 0 aliphatic carbocycles. The number of carboxylic acids is 1. The van der Waals surface area contributed by atoms with Crippen LogP contribution in [-0.4, -0.2) is 29.6 Å². The lowest BCUT2D eigenvalue weighted by Crippen LogP contribution is -2.20. The van der Waals surface area contributed by atoms with Crippen LogP contribution in [-0.2, 0) is 4.79 Å². The number of carbonyl (C=O) groups is 1. The molecule has 0 atom stereocenters. The van der Waals surface area contributed by atoms with Gasteiger partial charge in [0.25, 0.3) is 5.69 Å². The van der Waals surface area contributed by atoms with Gasteiger partial charge in [-0.25, -0.2) is 0 Å². The Labute approximate surface area is 105 Å². The number of carboxylic acid groups (broad SMARTS) is 1. The van der Waals surface area contributed by atoms with E-state index in [-0.39, 0.29) is 12.1 Å². The highest BCUT2D eigenvalue weighted by molar-refractivity contribution is 5.67. The smallest absolute Gasteiger partial charge is 0.303 e. The van der Waals surface area contributed by atoms with E-state index in [4.69, 9.17) is 5.11 Å². The molecule has 1 aromatic carbocycles. The lowest BCUT2D eigenvalue weighted by molar-refractivity contribution is -0.384. The van der Waals surface area contributed by atoms with Gasteiger partial charge in [-0.3, -0.25) is 14.9 Å². The molecule has 0 aliphatic heterocycles. The summed E-state index contributed by atoms with van der Waals surface area (Å²) in [7, 11) is 1.72. The Morgan fingerprint density at radius 2 is 2.17 bits per heavy atom. The minimum atomic E-state index is -0.859. The zero-order chi connectivity index (χ0) is 13.7. The molecule has 6 heteroatoms. The first kappa shape index (κ1) is 14.0. The first-order valence-corrected chi connectivity index (χ1v) is 5.60. The molecule has 1 aromatic rings. The molecule has 0 fully saturated rings. The largest absolute Gasteiger partial charge is 0.481 e. The van der Waals surface area contributed by atoms with Gasteiger partial charge in [-0.1, -0.05) is 6.07 Å². The highest BCUT2D eigenvalue weighted by Crippen LogP contribution is 2.28. The highest BCUT2D eigenvalue weighted by Gasteiger charge is 2.16. The molecule has 1 rings (SSSR count). The number of nitro groups is 1. The van der Waals surface area contributed by atoms with E-state index in [1.807, 2.05) is 0 Å². The summed E-state index contributed by atoms with van der Waals surface area (Å²) in [4.78, 5) is 22.6. The van der Waals surface area contributed by atoms with Gasteiger partial charge >= 0.3 is 5.97 Å². The van der Waals surface area contributed by atoms with Gasteiger partial charge in [0.05, 0.1) is 4.92 Å². The Bertz CT molecular complexity index is 459. The van der Waals surface area contributed by atoms with Crippen LogP contribution < -0.4 is 4.90 Å². The van der Waals surface area contributed by atoms with Crippen molar-refractivity contribution in [3.05, 3.63) is 33.9 Å². The summed E-state index contributed by atoms with van der Waals surface area (Å²) >= 11 is 0. The van der Waals surface area contributed by atoms with E-state index in [0.717, 1.165) is 5.56 Å². The van der Waals surface area contributed by atoms with Crippen molar-refractivity contribution >= 4 is 17.3 Å². The fourth-order valence-electron chi connectivity index (χ4n) is 1.69. The number of anilines is 1. The number of hydrogen-bond acceptors (Lipinski definition) is 4. The standard InChI is InChI=1S/C12H16N2O4/c1-9-5-6-10(11(8-9)14(17)18)13(2)7-3-4-12(15)16/h5-6,8H,3-4,7H2,1-2H3,(H,15,16). The van der Waals surface area contributed by atoms with Crippen molar-refractivity contribution in [2.75, 3.05) is 18.5 Å². The van der Waals surface area contributed by atoms with Crippen LogP contribution in [0.5, 0.6) is 0 Å². The molecule has 0 amide bonds. The van der Waals surface area contributed by atoms with Crippen molar-refractivity contribution in [3.63, 3.8) is 0 Å². The summed E-state index contributed by atoms with van der Waals surface area (Å²) in [5.41, 5.74) is 1.38. The molecule has 0 radical (unpaired) electrons. The Balaban J connectivity index is 2.81. The van der Waals surface area contributed by atoms with Gasteiger partial charge in [-0.05, 0) is 25.0 Å². The first-order chi connectivity index (χ1) is 8.41. The van der Waals surface area contributed by atoms with Gasteiger partial charge in [-0.2, -0.15) is 0 Å². The number of nitrogens with zero attached hydrogens (tertiary/aromatic N) is 2. The molecule has 0 unspecified atom stereocenters. The predicted molar refractivity (Wildman–Crippen MR) is 68.0 cm³/mol. The molecule has 6 nitrogen and oxygen atoms in total. The van der Waals surface area contributed by atoms with Crippen molar-refractivity contribution in [2.24, 2.45) is 0 Å². The third-order valence-corrected chi connectivity index (χ3v) is 2.62. The lowest BCUT2D eigenvalue weighted by Gasteiger charge is -2.18. The summed E-state index contributed by atoms with van der Waals surface area (Å²) in [6, 6.07) is 5.01. The van der Waals surface area contributed by atoms with Crippen LogP contribution in [0.4, 0.5) is 11.4 Å².